The molecular weight excluding hydrogens is 638 g/mol. The second kappa shape index (κ2) is 11.8. The third-order valence-corrected chi connectivity index (χ3v) is 7.15. The first kappa shape index (κ1) is 28.0. The molecule has 0 atom stereocenters. The predicted octanol–water partition coefficient (Wildman–Crippen LogP) is 6.07. The predicted molar refractivity (Wildman–Crippen MR) is 151 cm³/mol. The third kappa shape index (κ3) is 6.18. The van der Waals surface area contributed by atoms with Gasteiger partial charge in [-0.1, -0.05) is 15.9 Å². The molecule has 1 fully saturated rings. The first-order valence-electron chi connectivity index (χ1n) is 11.6. The van der Waals surface area contributed by atoms with Crippen LogP contribution in [0.5, 0.6) is 11.5 Å². The molecule has 0 unspecified atom stereocenters. The minimum atomic E-state index is -0.838. The van der Waals surface area contributed by atoms with Crippen molar-refractivity contribution in [3.05, 3.63) is 95.9 Å². The maximum atomic E-state index is 13.3. The molecule has 1 heterocycles. The number of nitrogens with zero attached hydrogens (tertiary/aromatic N) is 2. The summed E-state index contributed by atoms with van der Waals surface area (Å²) in [6.45, 7) is 4.04. The fraction of sp³-hybridized carbons (Fsp3) is 0.148. The second-order valence-electron chi connectivity index (χ2n) is 8.37. The van der Waals surface area contributed by atoms with Gasteiger partial charge >= 0.3 is 6.03 Å². The Bertz CT molecular complexity index is 1520. The molecule has 1 aliphatic heterocycles. The molecule has 10 nitrogen and oxygen atoms in total. The number of carbonyl (C=O) groups is 3. The van der Waals surface area contributed by atoms with E-state index in [1.54, 1.807) is 49.4 Å². The summed E-state index contributed by atoms with van der Waals surface area (Å²) in [5.41, 5.74) is 2.03. The summed E-state index contributed by atoms with van der Waals surface area (Å²) in [6.07, 6.45) is 1.37. The van der Waals surface area contributed by atoms with Crippen LogP contribution in [0.1, 0.15) is 23.6 Å². The number of urea groups is 1. The minimum absolute atomic E-state index is 0.0239. The van der Waals surface area contributed by atoms with E-state index in [2.05, 4.69) is 37.2 Å². The van der Waals surface area contributed by atoms with E-state index in [-0.39, 0.29) is 17.9 Å². The van der Waals surface area contributed by atoms with Gasteiger partial charge in [-0.2, -0.15) is 0 Å². The van der Waals surface area contributed by atoms with Gasteiger partial charge in [-0.25, -0.2) is 9.69 Å². The highest BCUT2D eigenvalue weighted by atomic mass is 79.9. The van der Waals surface area contributed by atoms with Crippen molar-refractivity contribution in [3.8, 4) is 11.5 Å². The molecule has 1 aliphatic rings. The summed E-state index contributed by atoms with van der Waals surface area (Å²) in [7, 11) is 0. The van der Waals surface area contributed by atoms with Gasteiger partial charge in [0.05, 0.1) is 21.7 Å². The number of carbonyl (C=O) groups excluding carboxylic acids is 3. The lowest BCUT2D eigenvalue weighted by Crippen LogP contribution is -2.54. The maximum absolute atomic E-state index is 13.3. The largest absolute Gasteiger partial charge is 0.490 e. The van der Waals surface area contributed by atoms with E-state index in [1.807, 2.05) is 6.92 Å². The number of rotatable bonds is 8. The van der Waals surface area contributed by atoms with E-state index in [9.17, 15) is 24.5 Å². The quantitative estimate of drug-likeness (QED) is 0.135. The van der Waals surface area contributed by atoms with Gasteiger partial charge in [-0.3, -0.25) is 25.0 Å². The van der Waals surface area contributed by atoms with Crippen molar-refractivity contribution >= 4 is 67.2 Å². The number of nitro groups is 1. The Morgan fingerprint density at radius 2 is 1.72 bits per heavy atom. The number of aryl methyl sites for hydroxylation is 1. The van der Waals surface area contributed by atoms with Crippen molar-refractivity contribution in [2.45, 2.75) is 20.5 Å². The van der Waals surface area contributed by atoms with Crippen LogP contribution in [-0.2, 0) is 16.2 Å². The van der Waals surface area contributed by atoms with E-state index in [4.69, 9.17) is 9.47 Å². The summed E-state index contributed by atoms with van der Waals surface area (Å²) >= 11 is 6.86. The Labute approximate surface area is 240 Å². The molecule has 200 valence electrons. The van der Waals surface area contributed by atoms with Crippen LogP contribution in [0.4, 0.5) is 16.2 Å². The molecule has 3 aromatic carbocycles. The topological polar surface area (TPSA) is 128 Å². The van der Waals surface area contributed by atoms with Gasteiger partial charge in [0.25, 0.3) is 17.5 Å². The number of nitro benzene ring substituents is 1. The molecule has 0 aromatic heterocycles. The third-order valence-electron chi connectivity index (χ3n) is 5.67. The Kier molecular flexibility index (Phi) is 8.46. The minimum Gasteiger partial charge on any atom is -0.490 e. The van der Waals surface area contributed by atoms with Gasteiger partial charge in [-0.15, -0.1) is 0 Å². The van der Waals surface area contributed by atoms with Crippen LogP contribution in [0.2, 0.25) is 0 Å². The average molecular weight is 659 g/mol. The first-order chi connectivity index (χ1) is 18.6. The molecular formula is C27H21Br2N3O7. The van der Waals surface area contributed by atoms with E-state index >= 15 is 0 Å². The molecule has 0 spiro atoms. The van der Waals surface area contributed by atoms with Crippen LogP contribution in [0, 0.1) is 17.0 Å². The summed E-state index contributed by atoms with van der Waals surface area (Å²) in [5, 5.41) is 13.1. The van der Waals surface area contributed by atoms with E-state index in [0.717, 1.165) is 14.9 Å². The number of benzene rings is 3. The van der Waals surface area contributed by atoms with Gasteiger partial charge < -0.3 is 9.47 Å². The molecule has 0 radical (unpaired) electrons. The molecule has 0 aliphatic carbocycles. The first-order valence-corrected chi connectivity index (χ1v) is 13.2. The summed E-state index contributed by atoms with van der Waals surface area (Å²) in [6, 6.07) is 13.4. The Hall–Kier alpha value is -4.03. The zero-order chi connectivity index (χ0) is 28.3. The normalized spacial score (nSPS) is 14.4. The number of imide groups is 2. The van der Waals surface area contributed by atoms with Gasteiger partial charge in [0.2, 0.25) is 0 Å². The smallest absolute Gasteiger partial charge is 0.335 e. The number of nitrogens with one attached hydrogen (secondary N) is 1. The maximum Gasteiger partial charge on any atom is 0.335 e. The van der Waals surface area contributed by atoms with Crippen molar-refractivity contribution < 1.29 is 28.8 Å². The number of non-ortho nitro benzene ring substituents is 1. The summed E-state index contributed by atoms with van der Waals surface area (Å²) in [4.78, 5) is 49.8. The molecule has 12 heteroatoms. The number of barbiturate groups is 1. The summed E-state index contributed by atoms with van der Waals surface area (Å²) in [5.74, 6) is -0.861. The lowest BCUT2D eigenvalue weighted by molar-refractivity contribution is -0.384. The Morgan fingerprint density at radius 3 is 2.36 bits per heavy atom. The fourth-order valence-corrected chi connectivity index (χ4v) is 4.59. The van der Waals surface area contributed by atoms with Crippen molar-refractivity contribution in [1.29, 1.82) is 0 Å². The monoisotopic (exact) mass is 657 g/mol. The molecule has 0 bridgehead atoms. The number of anilines is 1. The van der Waals surface area contributed by atoms with Gasteiger partial charge in [0, 0.05) is 16.6 Å². The average Bonchev–Trinajstić information content (AvgIpc) is 2.88. The standard InChI is InChI=1S/C27H21Br2N3O7/c1-3-38-23-13-17(12-22(29)24(23)39-14-16-4-6-18(7-5-16)32(36)37)11-20-25(33)30-27(35)31(26(20)34)19-8-9-21(28)15(2)10-19/h4-13H,3,14H2,1-2H3,(H,30,33,35)/b20-11+. The number of ether oxygens (including phenoxy) is 2. The molecule has 1 saturated heterocycles. The molecule has 4 rings (SSSR count). The van der Waals surface area contributed by atoms with Gasteiger partial charge in [-0.05, 0) is 95.0 Å². The number of hydrogen-bond donors (Lipinski definition) is 1. The highest BCUT2D eigenvalue weighted by Crippen LogP contribution is 2.38. The molecule has 4 amide bonds. The number of halogens is 2. The molecule has 0 saturated carbocycles. The van der Waals surface area contributed by atoms with E-state index in [1.165, 1.54) is 18.2 Å². The zero-order valence-corrected chi connectivity index (χ0v) is 23.9. The molecule has 3 aromatic rings. The van der Waals surface area contributed by atoms with Crippen LogP contribution < -0.4 is 19.7 Å². The van der Waals surface area contributed by atoms with Crippen LogP contribution in [0.3, 0.4) is 0 Å². The Morgan fingerprint density at radius 1 is 1.00 bits per heavy atom. The lowest BCUT2D eigenvalue weighted by atomic mass is 10.1. The Balaban J connectivity index is 1.63. The SMILES string of the molecule is CCOc1cc(/C=C2\C(=O)NC(=O)N(c3ccc(Br)c(C)c3)C2=O)cc(Br)c1OCc1ccc([N+](=O)[O-])cc1. The van der Waals surface area contributed by atoms with E-state index in [0.29, 0.717) is 39.4 Å². The number of hydrogen-bond acceptors (Lipinski definition) is 7. The van der Waals surface area contributed by atoms with Gasteiger partial charge in [0.1, 0.15) is 12.2 Å². The van der Waals surface area contributed by atoms with E-state index < -0.39 is 22.8 Å². The lowest BCUT2D eigenvalue weighted by Gasteiger charge is -2.26. The van der Waals surface area contributed by atoms with Crippen molar-refractivity contribution in [3.63, 3.8) is 0 Å². The summed E-state index contributed by atoms with van der Waals surface area (Å²) < 4.78 is 13.0. The zero-order valence-electron chi connectivity index (χ0n) is 20.7. The van der Waals surface area contributed by atoms with Crippen molar-refractivity contribution in [2.24, 2.45) is 0 Å². The van der Waals surface area contributed by atoms with Crippen LogP contribution in [0.15, 0.2) is 69.1 Å². The number of amides is 4. The van der Waals surface area contributed by atoms with Crippen LogP contribution in [0.25, 0.3) is 6.08 Å². The highest BCUT2D eigenvalue weighted by molar-refractivity contribution is 9.10. The van der Waals surface area contributed by atoms with Crippen LogP contribution >= 0.6 is 31.9 Å². The molecule has 1 N–H and O–H groups in total. The van der Waals surface area contributed by atoms with Crippen molar-refractivity contribution in [2.75, 3.05) is 11.5 Å². The van der Waals surface area contributed by atoms with Crippen molar-refractivity contribution in [1.82, 2.24) is 5.32 Å². The van der Waals surface area contributed by atoms with Gasteiger partial charge in [0.15, 0.2) is 11.5 Å². The molecule has 39 heavy (non-hydrogen) atoms. The highest BCUT2D eigenvalue weighted by Gasteiger charge is 2.37. The fourth-order valence-electron chi connectivity index (χ4n) is 3.77. The van der Waals surface area contributed by atoms with Crippen LogP contribution in [-0.4, -0.2) is 29.4 Å². The second-order valence-corrected chi connectivity index (χ2v) is 10.1.